The van der Waals surface area contributed by atoms with Crippen LogP contribution in [-0.2, 0) is 14.3 Å². The van der Waals surface area contributed by atoms with Crippen molar-refractivity contribution in [1.29, 1.82) is 0 Å². The van der Waals surface area contributed by atoms with E-state index in [1.54, 1.807) is 0 Å². The summed E-state index contributed by atoms with van der Waals surface area (Å²) in [5.74, 6) is -0.0544. The lowest BCUT2D eigenvalue weighted by Gasteiger charge is -2.23. The highest BCUT2D eigenvalue weighted by atomic mass is 16.7. The van der Waals surface area contributed by atoms with Crippen LogP contribution >= 0.6 is 0 Å². The van der Waals surface area contributed by atoms with Gasteiger partial charge in [-0.2, -0.15) is 0 Å². The zero-order valence-corrected chi connectivity index (χ0v) is 5.37. The summed E-state index contributed by atoms with van der Waals surface area (Å²) in [6.07, 6.45) is 0.729. The molecule has 0 N–H and O–H groups in total. The quantitative estimate of drug-likeness (QED) is 0.475. The Hall–Kier alpha value is -0.410. The van der Waals surface area contributed by atoms with Crippen molar-refractivity contribution >= 4 is 6.29 Å². The summed E-state index contributed by atoms with van der Waals surface area (Å²) in [6.45, 7) is 2.83. The molecule has 1 aliphatic heterocycles. The zero-order valence-electron chi connectivity index (χ0n) is 5.37. The summed E-state index contributed by atoms with van der Waals surface area (Å²) in [5.41, 5.74) is 0. The Morgan fingerprint density at radius 3 is 2.44 bits per heavy atom. The Kier molecular flexibility index (Phi) is 2.19. The van der Waals surface area contributed by atoms with Crippen LogP contribution in [0, 0.1) is 5.92 Å². The molecular formula is C6H10O3. The average Bonchev–Trinajstić information content (AvgIpc) is 1.90. The van der Waals surface area contributed by atoms with Crippen LogP contribution in [0.25, 0.3) is 0 Å². The summed E-state index contributed by atoms with van der Waals surface area (Å²) in [4.78, 5) is 10.1. The zero-order chi connectivity index (χ0) is 6.69. The molecule has 3 nitrogen and oxygen atoms in total. The van der Waals surface area contributed by atoms with Crippen molar-refractivity contribution in [2.24, 2.45) is 5.92 Å². The first kappa shape index (κ1) is 6.71. The highest BCUT2D eigenvalue weighted by Crippen LogP contribution is 2.07. The Morgan fingerprint density at radius 1 is 1.44 bits per heavy atom. The first-order valence-electron chi connectivity index (χ1n) is 3.01. The molecule has 0 radical (unpaired) electrons. The van der Waals surface area contributed by atoms with Gasteiger partial charge < -0.3 is 14.3 Å². The predicted molar refractivity (Wildman–Crippen MR) is 30.9 cm³/mol. The Morgan fingerprint density at radius 2 is 2.00 bits per heavy atom. The minimum atomic E-state index is -0.138. The molecule has 1 fully saturated rings. The Bertz CT molecular complexity index is 94.5. The second-order valence-electron chi connectivity index (χ2n) is 2.13. The van der Waals surface area contributed by atoms with Crippen molar-refractivity contribution < 1.29 is 14.3 Å². The maximum atomic E-state index is 10.1. The third kappa shape index (κ3) is 1.77. The molecule has 1 rings (SSSR count). The van der Waals surface area contributed by atoms with Gasteiger partial charge in [0.1, 0.15) is 6.29 Å². The third-order valence-corrected chi connectivity index (χ3v) is 1.28. The van der Waals surface area contributed by atoms with Crippen molar-refractivity contribution in [2.45, 2.75) is 13.2 Å². The van der Waals surface area contributed by atoms with E-state index in [1.807, 2.05) is 6.92 Å². The predicted octanol–water partition coefficient (Wildman–Crippen LogP) is 0.194. The monoisotopic (exact) mass is 130 g/mol. The van der Waals surface area contributed by atoms with Crippen molar-refractivity contribution in [3.05, 3.63) is 0 Å². The molecule has 0 aromatic heterocycles. The van der Waals surface area contributed by atoms with E-state index >= 15 is 0 Å². The molecule has 0 unspecified atom stereocenters. The Labute approximate surface area is 53.9 Å². The van der Waals surface area contributed by atoms with Crippen LogP contribution in [0.4, 0.5) is 0 Å². The first-order valence-corrected chi connectivity index (χ1v) is 3.01. The SMILES string of the molecule is CC1OCC(C=O)CO1. The van der Waals surface area contributed by atoms with Crippen LogP contribution in [0.15, 0.2) is 0 Å². The van der Waals surface area contributed by atoms with Gasteiger partial charge >= 0.3 is 0 Å². The van der Waals surface area contributed by atoms with Gasteiger partial charge in [0.25, 0.3) is 0 Å². The fourth-order valence-electron chi connectivity index (χ4n) is 0.693. The van der Waals surface area contributed by atoms with E-state index < -0.39 is 0 Å². The van der Waals surface area contributed by atoms with Crippen molar-refractivity contribution in [3.8, 4) is 0 Å². The fraction of sp³-hybridized carbons (Fsp3) is 0.833. The van der Waals surface area contributed by atoms with Crippen LogP contribution < -0.4 is 0 Å². The maximum Gasteiger partial charge on any atom is 0.154 e. The molecule has 1 heterocycles. The molecule has 0 aromatic carbocycles. The molecule has 52 valence electrons. The smallest absolute Gasteiger partial charge is 0.154 e. The van der Waals surface area contributed by atoms with E-state index in [-0.39, 0.29) is 12.2 Å². The molecule has 0 amide bonds. The van der Waals surface area contributed by atoms with Gasteiger partial charge in [-0.15, -0.1) is 0 Å². The second kappa shape index (κ2) is 2.94. The van der Waals surface area contributed by atoms with E-state index in [0.29, 0.717) is 13.2 Å². The normalized spacial score (nSPS) is 36.1. The van der Waals surface area contributed by atoms with Gasteiger partial charge in [-0.3, -0.25) is 0 Å². The molecule has 0 spiro atoms. The van der Waals surface area contributed by atoms with Crippen molar-refractivity contribution in [1.82, 2.24) is 0 Å². The van der Waals surface area contributed by atoms with E-state index in [1.165, 1.54) is 0 Å². The van der Waals surface area contributed by atoms with Crippen LogP contribution in [-0.4, -0.2) is 25.8 Å². The van der Waals surface area contributed by atoms with Crippen LogP contribution in [0.3, 0.4) is 0 Å². The minimum absolute atomic E-state index is 0.0544. The molecule has 3 heteroatoms. The summed E-state index contributed by atoms with van der Waals surface area (Å²) in [7, 11) is 0. The van der Waals surface area contributed by atoms with Gasteiger partial charge in [0, 0.05) is 0 Å². The standard InChI is InChI=1S/C6H10O3/c1-5-8-3-6(2-7)4-9-5/h2,5-6H,3-4H2,1H3. The molecule has 0 atom stereocenters. The molecule has 1 aliphatic rings. The van der Waals surface area contributed by atoms with Gasteiger partial charge in [-0.1, -0.05) is 0 Å². The summed E-state index contributed by atoms with van der Waals surface area (Å²) >= 11 is 0. The fourth-order valence-corrected chi connectivity index (χ4v) is 0.693. The number of carbonyl (C=O) groups excluding carboxylic acids is 1. The lowest BCUT2D eigenvalue weighted by atomic mass is 10.2. The largest absolute Gasteiger partial charge is 0.352 e. The summed E-state index contributed by atoms with van der Waals surface area (Å²) in [6, 6.07) is 0. The highest BCUT2D eigenvalue weighted by Gasteiger charge is 2.17. The number of rotatable bonds is 1. The molecule has 1 saturated heterocycles. The van der Waals surface area contributed by atoms with E-state index in [4.69, 9.17) is 9.47 Å². The van der Waals surface area contributed by atoms with Gasteiger partial charge in [-0.05, 0) is 6.92 Å². The average molecular weight is 130 g/mol. The number of hydrogen-bond donors (Lipinski definition) is 0. The van der Waals surface area contributed by atoms with Gasteiger partial charge in [0.15, 0.2) is 6.29 Å². The van der Waals surface area contributed by atoms with Gasteiger partial charge in [0.05, 0.1) is 19.1 Å². The molecular weight excluding hydrogens is 120 g/mol. The van der Waals surface area contributed by atoms with Crippen molar-refractivity contribution in [2.75, 3.05) is 13.2 Å². The highest BCUT2D eigenvalue weighted by molar-refractivity contribution is 5.53. The topological polar surface area (TPSA) is 35.5 Å². The number of aldehydes is 1. The lowest BCUT2D eigenvalue weighted by Crippen LogP contribution is -2.30. The number of carbonyl (C=O) groups is 1. The van der Waals surface area contributed by atoms with Crippen LogP contribution in [0.5, 0.6) is 0 Å². The molecule has 0 saturated carbocycles. The summed E-state index contributed by atoms with van der Waals surface area (Å²) < 4.78 is 10.1. The van der Waals surface area contributed by atoms with Gasteiger partial charge in [-0.25, -0.2) is 0 Å². The van der Waals surface area contributed by atoms with Crippen LogP contribution in [0.1, 0.15) is 6.92 Å². The van der Waals surface area contributed by atoms with E-state index in [2.05, 4.69) is 0 Å². The molecule has 0 aromatic rings. The lowest BCUT2D eigenvalue weighted by molar-refractivity contribution is -0.188. The third-order valence-electron chi connectivity index (χ3n) is 1.28. The first-order chi connectivity index (χ1) is 4.33. The van der Waals surface area contributed by atoms with Gasteiger partial charge in [0.2, 0.25) is 0 Å². The summed E-state index contributed by atoms with van der Waals surface area (Å²) in [5, 5.41) is 0. The second-order valence-corrected chi connectivity index (χ2v) is 2.13. The maximum absolute atomic E-state index is 10.1. The molecule has 9 heavy (non-hydrogen) atoms. The van der Waals surface area contributed by atoms with Crippen LogP contribution in [0.2, 0.25) is 0 Å². The molecule has 0 aliphatic carbocycles. The van der Waals surface area contributed by atoms with Crippen molar-refractivity contribution in [3.63, 3.8) is 0 Å². The Balaban J connectivity index is 2.26. The molecule has 0 bridgehead atoms. The number of ether oxygens (including phenoxy) is 2. The van der Waals surface area contributed by atoms with E-state index in [0.717, 1.165) is 6.29 Å². The number of hydrogen-bond acceptors (Lipinski definition) is 3. The minimum Gasteiger partial charge on any atom is -0.352 e. The van der Waals surface area contributed by atoms with E-state index in [9.17, 15) is 4.79 Å².